The minimum Gasteiger partial charge on any atom is -0.497 e. The average molecular weight is 416 g/mol. The van der Waals surface area contributed by atoms with E-state index in [4.69, 9.17) is 9.47 Å². The maximum absolute atomic E-state index is 14.1. The van der Waals surface area contributed by atoms with Gasteiger partial charge < -0.3 is 19.7 Å². The molecule has 1 fully saturated rings. The standard InChI is InChI=1S/C24H33NO5/c1-13-12-22(3,4)25-20-16(13)10-15(29-7)11-17(20)24(21(25)27)14(2)19(23(5,6)28)18(30-24)8-9-26/h10-12,14,18-19,26,28H,8-9H2,1-7H3/t14-,18+,19-,24+/m1/s1. The first kappa shape index (κ1) is 21.3. The summed E-state index contributed by atoms with van der Waals surface area (Å²) in [6.07, 6.45) is 2.03. The van der Waals surface area contributed by atoms with Crippen molar-refractivity contribution in [1.29, 1.82) is 0 Å². The molecule has 30 heavy (non-hydrogen) atoms. The van der Waals surface area contributed by atoms with E-state index in [9.17, 15) is 15.0 Å². The number of methoxy groups -OCH3 is 1. The van der Waals surface area contributed by atoms with Gasteiger partial charge in [0.1, 0.15) is 5.75 Å². The molecule has 1 spiro atoms. The smallest absolute Gasteiger partial charge is 0.265 e. The van der Waals surface area contributed by atoms with Crippen LogP contribution in [0, 0.1) is 11.8 Å². The van der Waals surface area contributed by atoms with E-state index < -0.39 is 22.8 Å². The van der Waals surface area contributed by atoms with Crippen molar-refractivity contribution in [2.24, 2.45) is 11.8 Å². The van der Waals surface area contributed by atoms with Crippen molar-refractivity contribution in [3.63, 3.8) is 0 Å². The van der Waals surface area contributed by atoms with Crippen molar-refractivity contribution in [3.8, 4) is 5.75 Å². The Labute approximate surface area is 178 Å². The van der Waals surface area contributed by atoms with E-state index in [0.29, 0.717) is 12.2 Å². The van der Waals surface area contributed by atoms with Gasteiger partial charge in [-0.15, -0.1) is 0 Å². The summed E-state index contributed by atoms with van der Waals surface area (Å²) in [5.41, 5.74) is 0.925. The number of carbonyl (C=O) groups is 1. The van der Waals surface area contributed by atoms with Crippen LogP contribution in [0.5, 0.6) is 5.75 Å². The van der Waals surface area contributed by atoms with Crippen molar-refractivity contribution in [1.82, 2.24) is 0 Å². The molecule has 0 saturated carbocycles. The van der Waals surface area contributed by atoms with Crippen LogP contribution < -0.4 is 9.64 Å². The van der Waals surface area contributed by atoms with Crippen LogP contribution in [0.2, 0.25) is 0 Å². The Bertz CT molecular complexity index is 928. The second-order valence-electron chi connectivity index (χ2n) is 10.1. The Morgan fingerprint density at radius 1 is 1.30 bits per heavy atom. The molecule has 1 aromatic carbocycles. The van der Waals surface area contributed by atoms with Gasteiger partial charge in [0.2, 0.25) is 0 Å². The molecule has 164 valence electrons. The summed E-state index contributed by atoms with van der Waals surface area (Å²) in [5.74, 6) is -0.0391. The first-order valence-electron chi connectivity index (χ1n) is 10.7. The van der Waals surface area contributed by atoms with E-state index in [1.54, 1.807) is 21.0 Å². The van der Waals surface area contributed by atoms with Gasteiger partial charge in [0.05, 0.1) is 30.0 Å². The number of hydrogen-bond donors (Lipinski definition) is 2. The summed E-state index contributed by atoms with van der Waals surface area (Å²) in [4.78, 5) is 16.0. The molecule has 0 aromatic heterocycles. The molecule has 4 atom stereocenters. The predicted octanol–water partition coefficient (Wildman–Crippen LogP) is 3.24. The third-order valence-corrected chi connectivity index (χ3v) is 7.18. The summed E-state index contributed by atoms with van der Waals surface area (Å²) in [6, 6.07) is 3.88. The maximum atomic E-state index is 14.1. The van der Waals surface area contributed by atoms with Crippen LogP contribution in [0.25, 0.3) is 5.57 Å². The molecule has 1 saturated heterocycles. The summed E-state index contributed by atoms with van der Waals surface area (Å²) < 4.78 is 12.2. The van der Waals surface area contributed by atoms with Crippen molar-refractivity contribution >= 4 is 17.2 Å². The monoisotopic (exact) mass is 415 g/mol. The molecular formula is C24H33NO5. The van der Waals surface area contributed by atoms with Gasteiger partial charge >= 0.3 is 0 Å². The van der Waals surface area contributed by atoms with E-state index in [2.05, 4.69) is 13.0 Å². The molecule has 0 aliphatic carbocycles. The lowest BCUT2D eigenvalue weighted by Crippen LogP contribution is -2.53. The van der Waals surface area contributed by atoms with E-state index >= 15 is 0 Å². The highest BCUT2D eigenvalue weighted by atomic mass is 16.5. The molecule has 0 unspecified atom stereocenters. The fourth-order valence-electron chi connectivity index (χ4n) is 6.14. The van der Waals surface area contributed by atoms with Gasteiger partial charge in [-0.1, -0.05) is 13.0 Å². The fraction of sp³-hybridized carbons (Fsp3) is 0.625. The lowest BCUT2D eigenvalue weighted by molar-refractivity contribution is -0.147. The fourth-order valence-corrected chi connectivity index (χ4v) is 6.14. The van der Waals surface area contributed by atoms with Crippen LogP contribution >= 0.6 is 0 Å². The van der Waals surface area contributed by atoms with Crippen LogP contribution in [-0.4, -0.2) is 47.1 Å². The summed E-state index contributed by atoms with van der Waals surface area (Å²) in [7, 11) is 1.62. The highest BCUT2D eigenvalue weighted by molar-refractivity contribution is 6.12. The van der Waals surface area contributed by atoms with Crippen LogP contribution in [0.15, 0.2) is 18.2 Å². The molecule has 4 rings (SSSR count). The minimum absolute atomic E-state index is 0.0691. The zero-order chi connectivity index (χ0) is 22.2. The number of aliphatic hydroxyl groups is 2. The first-order chi connectivity index (χ1) is 13.9. The van der Waals surface area contributed by atoms with Crippen molar-refractivity contribution in [3.05, 3.63) is 29.3 Å². The lowest BCUT2D eigenvalue weighted by atomic mass is 9.70. The molecule has 1 aromatic rings. The second-order valence-corrected chi connectivity index (χ2v) is 10.1. The van der Waals surface area contributed by atoms with Gasteiger partial charge in [0, 0.05) is 29.6 Å². The van der Waals surface area contributed by atoms with Crippen molar-refractivity contribution < 1.29 is 24.5 Å². The van der Waals surface area contributed by atoms with Gasteiger partial charge in [-0.05, 0) is 58.7 Å². The van der Waals surface area contributed by atoms with Crippen LogP contribution in [0.1, 0.15) is 59.1 Å². The number of aliphatic hydroxyl groups excluding tert-OH is 1. The van der Waals surface area contributed by atoms with E-state index in [0.717, 1.165) is 22.4 Å². The maximum Gasteiger partial charge on any atom is 0.265 e. The number of allylic oxidation sites excluding steroid dienone is 1. The number of anilines is 1. The number of hydrogen-bond acceptors (Lipinski definition) is 5. The van der Waals surface area contributed by atoms with Crippen LogP contribution in [-0.2, 0) is 15.1 Å². The van der Waals surface area contributed by atoms with E-state index in [1.165, 1.54) is 0 Å². The Hall–Kier alpha value is -1.89. The number of rotatable bonds is 4. The predicted molar refractivity (Wildman–Crippen MR) is 115 cm³/mol. The molecule has 3 aliphatic heterocycles. The number of benzene rings is 1. The largest absolute Gasteiger partial charge is 0.497 e. The third kappa shape index (κ3) is 2.63. The number of carbonyl (C=O) groups excluding carboxylic acids is 1. The number of ether oxygens (including phenoxy) is 2. The van der Waals surface area contributed by atoms with Gasteiger partial charge in [-0.25, -0.2) is 0 Å². The topological polar surface area (TPSA) is 79.2 Å². The van der Waals surface area contributed by atoms with Crippen molar-refractivity contribution in [2.45, 2.75) is 70.8 Å². The van der Waals surface area contributed by atoms with Gasteiger partial charge in [0.25, 0.3) is 5.91 Å². The Morgan fingerprint density at radius 2 is 1.97 bits per heavy atom. The molecule has 2 N–H and O–H groups in total. The molecule has 0 bridgehead atoms. The Balaban J connectivity index is 2.00. The molecule has 1 amide bonds. The average Bonchev–Trinajstić information content (AvgIpc) is 3.06. The third-order valence-electron chi connectivity index (χ3n) is 7.18. The first-order valence-corrected chi connectivity index (χ1v) is 10.7. The van der Waals surface area contributed by atoms with E-state index in [1.807, 2.05) is 37.8 Å². The minimum atomic E-state index is -1.22. The summed E-state index contributed by atoms with van der Waals surface area (Å²) in [6.45, 7) is 11.5. The summed E-state index contributed by atoms with van der Waals surface area (Å²) in [5, 5.41) is 20.6. The van der Waals surface area contributed by atoms with Crippen LogP contribution in [0.4, 0.5) is 5.69 Å². The molecular weight excluding hydrogens is 382 g/mol. The SMILES string of the molecule is COc1cc2c3c(c1)[C@]1(O[C@@H](CCO)[C@H](C(C)(C)O)[C@H]1C)C(=O)N3C(C)(C)C=C2C. The molecule has 0 radical (unpaired) electrons. The van der Waals surface area contributed by atoms with E-state index in [-0.39, 0.29) is 24.3 Å². The Morgan fingerprint density at radius 3 is 2.53 bits per heavy atom. The number of nitrogens with zero attached hydrogens (tertiary/aromatic N) is 1. The zero-order valence-corrected chi connectivity index (χ0v) is 18.9. The number of fused-ring (bicyclic) bond motifs is 1. The molecule has 3 aliphatic rings. The second kappa shape index (κ2) is 6.55. The lowest BCUT2D eigenvalue weighted by Gasteiger charge is -2.39. The highest BCUT2D eigenvalue weighted by Crippen LogP contribution is 2.61. The van der Waals surface area contributed by atoms with Crippen molar-refractivity contribution in [2.75, 3.05) is 18.6 Å². The number of amides is 1. The van der Waals surface area contributed by atoms with Gasteiger partial charge in [-0.3, -0.25) is 9.69 Å². The highest BCUT2D eigenvalue weighted by Gasteiger charge is 2.67. The Kier molecular flexibility index (Phi) is 4.66. The van der Waals surface area contributed by atoms with Crippen LogP contribution in [0.3, 0.4) is 0 Å². The molecule has 3 heterocycles. The van der Waals surface area contributed by atoms with Gasteiger partial charge in [0.15, 0.2) is 5.60 Å². The van der Waals surface area contributed by atoms with Gasteiger partial charge in [-0.2, -0.15) is 0 Å². The zero-order valence-electron chi connectivity index (χ0n) is 18.9. The quantitative estimate of drug-likeness (QED) is 0.789. The molecule has 6 heteroatoms. The normalized spacial score (nSPS) is 31.9. The molecule has 6 nitrogen and oxygen atoms in total. The summed E-state index contributed by atoms with van der Waals surface area (Å²) >= 11 is 0.